The Hall–Kier alpha value is -1.74. The lowest BCUT2D eigenvalue weighted by Gasteiger charge is -2.33. The minimum Gasteiger partial charge on any atom is -0.463 e. The van der Waals surface area contributed by atoms with Gasteiger partial charge in [-0.3, -0.25) is 14.5 Å². The second-order valence-corrected chi connectivity index (χ2v) is 5.24. The van der Waals surface area contributed by atoms with Crippen LogP contribution in [0.3, 0.4) is 0 Å². The summed E-state index contributed by atoms with van der Waals surface area (Å²) in [6.45, 7) is 3.91. The molecule has 1 atom stereocenters. The average molecular weight is 314 g/mol. The zero-order valence-electron chi connectivity index (χ0n) is 12.2. The van der Waals surface area contributed by atoms with Crippen LogP contribution < -0.4 is 5.32 Å². The first-order chi connectivity index (χ1) is 10.0. The number of ether oxygens (including phenoxy) is 2. The molecule has 1 unspecified atom stereocenters. The molecule has 0 saturated carbocycles. The number of fused-ring (bicyclic) bond motifs is 1. The maximum atomic E-state index is 11.9. The van der Waals surface area contributed by atoms with E-state index in [1.165, 1.54) is 29.8 Å². The fraction of sp³-hybridized carbons (Fsp3) is 0.583. The molecule has 0 radical (unpaired) electrons. The third-order valence-electron chi connectivity index (χ3n) is 2.83. The van der Waals surface area contributed by atoms with Crippen LogP contribution in [0.25, 0.3) is 0 Å². The molecule has 2 aliphatic heterocycles. The molecule has 2 heterocycles. The topological polar surface area (TPSA) is 83.5 Å². The van der Waals surface area contributed by atoms with Crippen LogP contribution in [0.4, 0.5) is 0 Å². The number of nitrogens with zero attached hydrogens (tertiary/aromatic N) is 3. The van der Waals surface area contributed by atoms with Crippen LogP contribution in [-0.4, -0.2) is 59.4 Å². The molecule has 0 aromatic heterocycles. The average Bonchev–Trinajstić information content (AvgIpc) is 2.76. The van der Waals surface area contributed by atoms with Crippen molar-refractivity contribution in [2.75, 3.05) is 26.2 Å². The summed E-state index contributed by atoms with van der Waals surface area (Å²) in [5.74, 6) is -0.497. The molecule has 2 rings (SSSR count). The minimum atomic E-state index is -0.376. The maximum Gasteiger partial charge on any atom is 0.302 e. The third kappa shape index (κ3) is 3.67. The van der Waals surface area contributed by atoms with Crippen LogP contribution in [0.5, 0.6) is 0 Å². The van der Waals surface area contributed by atoms with E-state index in [9.17, 15) is 9.59 Å². The lowest BCUT2D eigenvalue weighted by Crippen LogP contribution is -2.55. The minimum absolute atomic E-state index is 0.162. The number of carbonyl (C=O) groups excluding carboxylic acids is 2. The number of hydrogen-bond donors (Lipinski definition) is 1. The maximum absolute atomic E-state index is 11.9. The molecule has 0 saturated heterocycles. The first-order valence-corrected chi connectivity index (χ1v) is 7.63. The highest BCUT2D eigenvalue weighted by Crippen LogP contribution is 2.24. The van der Waals surface area contributed by atoms with Crippen molar-refractivity contribution < 1.29 is 19.1 Å². The summed E-state index contributed by atoms with van der Waals surface area (Å²) in [6, 6.07) is 0. The number of rotatable bonds is 5. The van der Waals surface area contributed by atoms with Crippen LogP contribution in [-0.2, 0) is 19.1 Å². The number of nitrogens with one attached hydrogen (secondary N) is 1. The highest BCUT2D eigenvalue weighted by atomic mass is 32.2. The SMILES string of the molecule is CSC1=NN2C(=O)C=C(C)NC2N1COCCOC(C)=O. The highest BCUT2D eigenvalue weighted by Gasteiger charge is 2.39. The lowest BCUT2D eigenvalue weighted by atomic mass is 10.3. The zero-order valence-corrected chi connectivity index (χ0v) is 13.0. The molecule has 2 aliphatic rings. The van der Waals surface area contributed by atoms with E-state index < -0.39 is 0 Å². The molecule has 0 aromatic rings. The van der Waals surface area contributed by atoms with E-state index in [1.54, 1.807) is 0 Å². The number of esters is 1. The van der Waals surface area contributed by atoms with Gasteiger partial charge in [0.1, 0.15) is 13.3 Å². The van der Waals surface area contributed by atoms with E-state index in [0.29, 0.717) is 5.17 Å². The van der Waals surface area contributed by atoms with Gasteiger partial charge in [0.05, 0.1) is 6.61 Å². The molecule has 0 aliphatic carbocycles. The lowest BCUT2D eigenvalue weighted by molar-refractivity contribution is -0.143. The molecule has 9 heteroatoms. The van der Waals surface area contributed by atoms with Crippen molar-refractivity contribution in [3.05, 3.63) is 11.8 Å². The van der Waals surface area contributed by atoms with Crippen LogP contribution in [0.15, 0.2) is 16.9 Å². The van der Waals surface area contributed by atoms with E-state index >= 15 is 0 Å². The summed E-state index contributed by atoms with van der Waals surface area (Å²) in [7, 11) is 0. The van der Waals surface area contributed by atoms with E-state index in [4.69, 9.17) is 9.47 Å². The van der Waals surface area contributed by atoms with Crippen LogP contribution in [0.2, 0.25) is 0 Å². The van der Waals surface area contributed by atoms with E-state index in [-0.39, 0.29) is 38.1 Å². The van der Waals surface area contributed by atoms with Gasteiger partial charge in [-0.1, -0.05) is 11.8 Å². The second-order valence-electron chi connectivity index (χ2n) is 4.46. The van der Waals surface area contributed by atoms with Gasteiger partial charge < -0.3 is 14.8 Å². The molecular formula is C12H18N4O4S. The van der Waals surface area contributed by atoms with Crippen LogP contribution in [0, 0.1) is 0 Å². The van der Waals surface area contributed by atoms with Gasteiger partial charge >= 0.3 is 5.97 Å². The van der Waals surface area contributed by atoms with Gasteiger partial charge in [-0.25, -0.2) is 0 Å². The van der Waals surface area contributed by atoms with Gasteiger partial charge in [0.25, 0.3) is 5.91 Å². The number of amides is 1. The van der Waals surface area contributed by atoms with Crippen molar-refractivity contribution in [3.63, 3.8) is 0 Å². The summed E-state index contributed by atoms with van der Waals surface area (Å²) >= 11 is 1.43. The summed E-state index contributed by atoms with van der Waals surface area (Å²) < 4.78 is 10.3. The first kappa shape index (κ1) is 15.6. The highest BCUT2D eigenvalue weighted by molar-refractivity contribution is 8.13. The largest absolute Gasteiger partial charge is 0.463 e. The molecular weight excluding hydrogens is 296 g/mol. The number of amidine groups is 1. The van der Waals surface area contributed by atoms with Crippen molar-refractivity contribution in [2.24, 2.45) is 5.10 Å². The Morgan fingerprint density at radius 1 is 1.52 bits per heavy atom. The number of thioether (sulfide) groups is 1. The van der Waals surface area contributed by atoms with Gasteiger partial charge in [-0.2, -0.15) is 5.01 Å². The molecule has 116 valence electrons. The second kappa shape index (κ2) is 6.81. The van der Waals surface area contributed by atoms with E-state index in [0.717, 1.165) is 5.70 Å². The molecule has 0 bridgehead atoms. The Morgan fingerprint density at radius 2 is 2.29 bits per heavy atom. The standard InChI is InChI=1S/C12H18N4O4S/c1-8-6-10(18)16-11(13-8)15(12(14-16)21-3)7-19-4-5-20-9(2)17/h6,11,13H,4-5,7H2,1-3H3. The Labute approximate surface area is 127 Å². The van der Waals surface area contributed by atoms with Crippen molar-refractivity contribution in [1.29, 1.82) is 0 Å². The Kier molecular flexibility index (Phi) is 5.07. The Bertz CT molecular complexity index is 494. The molecule has 0 fully saturated rings. The molecule has 8 nitrogen and oxygen atoms in total. The third-order valence-corrected chi connectivity index (χ3v) is 3.52. The predicted molar refractivity (Wildman–Crippen MR) is 77.8 cm³/mol. The number of hydrogen-bond acceptors (Lipinski definition) is 8. The normalized spacial score (nSPS) is 20.7. The summed E-state index contributed by atoms with van der Waals surface area (Å²) in [4.78, 5) is 24.4. The monoisotopic (exact) mass is 314 g/mol. The van der Waals surface area contributed by atoms with Crippen molar-refractivity contribution in [1.82, 2.24) is 15.2 Å². The van der Waals surface area contributed by atoms with E-state index in [2.05, 4.69) is 10.4 Å². The van der Waals surface area contributed by atoms with E-state index in [1.807, 2.05) is 18.1 Å². The smallest absolute Gasteiger partial charge is 0.302 e. The fourth-order valence-corrected chi connectivity index (χ4v) is 2.49. The quantitative estimate of drug-likeness (QED) is 0.569. The fourth-order valence-electron chi connectivity index (χ4n) is 1.94. The van der Waals surface area contributed by atoms with Gasteiger partial charge in [0, 0.05) is 18.7 Å². The first-order valence-electron chi connectivity index (χ1n) is 6.41. The molecule has 0 spiro atoms. The van der Waals surface area contributed by atoms with Crippen molar-refractivity contribution >= 4 is 28.8 Å². The van der Waals surface area contributed by atoms with Gasteiger partial charge in [0.2, 0.25) is 6.29 Å². The summed E-state index contributed by atoms with van der Waals surface area (Å²) in [6.07, 6.45) is 3.01. The van der Waals surface area contributed by atoms with Crippen LogP contribution >= 0.6 is 11.8 Å². The Morgan fingerprint density at radius 3 is 2.95 bits per heavy atom. The van der Waals surface area contributed by atoms with Crippen molar-refractivity contribution in [3.8, 4) is 0 Å². The molecule has 21 heavy (non-hydrogen) atoms. The van der Waals surface area contributed by atoms with Gasteiger partial charge in [-0.15, -0.1) is 5.10 Å². The predicted octanol–water partition coefficient (Wildman–Crippen LogP) is 0.0924. The number of carbonyl (C=O) groups is 2. The van der Waals surface area contributed by atoms with Gasteiger partial charge in [-0.05, 0) is 13.2 Å². The molecule has 1 N–H and O–H groups in total. The van der Waals surface area contributed by atoms with Crippen LogP contribution in [0.1, 0.15) is 13.8 Å². The number of allylic oxidation sites excluding steroid dienone is 1. The summed E-state index contributed by atoms with van der Waals surface area (Å²) in [5.41, 5.74) is 0.781. The van der Waals surface area contributed by atoms with Crippen molar-refractivity contribution in [2.45, 2.75) is 20.1 Å². The Balaban J connectivity index is 1.91. The summed E-state index contributed by atoms with van der Waals surface area (Å²) in [5, 5.41) is 9.52. The van der Waals surface area contributed by atoms with Gasteiger partial charge in [0.15, 0.2) is 5.17 Å². The molecule has 1 amide bonds. The number of hydrazone groups is 1. The zero-order chi connectivity index (χ0) is 15.4. The molecule has 0 aromatic carbocycles.